The fourth-order valence-electron chi connectivity index (χ4n) is 2.89. The number of carbonyl (C=O) groups is 3. The van der Waals surface area contributed by atoms with Gasteiger partial charge in [-0.15, -0.1) is 0 Å². The molecule has 1 heterocycles. The summed E-state index contributed by atoms with van der Waals surface area (Å²) in [6.45, 7) is 6.18. The maximum absolute atomic E-state index is 13.0. The van der Waals surface area contributed by atoms with Gasteiger partial charge in [-0.05, 0) is 17.9 Å². The van der Waals surface area contributed by atoms with E-state index >= 15 is 0 Å². The Morgan fingerprint density at radius 3 is 2.50 bits per heavy atom. The quantitative estimate of drug-likeness (QED) is 0.750. The third kappa shape index (κ3) is 3.58. The maximum atomic E-state index is 13.0. The topological polar surface area (TPSA) is 78.5 Å². The van der Waals surface area contributed by atoms with E-state index in [1.54, 1.807) is 0 Å². The van der Waals surface area contributed by atoms with E-state index in [0.29, 0.717) is 18.9 Å². The maximum Gasteiger partial charge on any atom is 0.325 e. The lowest BCUT2D eigenvalue weighted by molar-refractivity contribution is -0.135. The Morgan fingerprint density at radius 2 is 1.92 bits per heavy atom. The predicted octanol–water partition coefficient (Wildman–Crippen LogP) is 2.01. The van der Waals surface area contributed by atoms with Crippen molar-refractivity contribution in [2.75, 3.05) is 13.1 Å². The van der Waals surface area contributed by atoms with Crippen molar-refractivity contribution < 1.29 is 14.4 Å². The Labute approximate surface area is 142 Å². The standard InChI is InChI=1S/C18H25N3O3/c1-4-10-18(14-8-6-5-7-9-14)16(23)21(17(24)20-18)12-15(22)19-11-13(2)3/h5-9,13H,4,10-12H2,1-3H3,(H,19,22)(H,20,24)/t18-/m0/s1. The SMILES string of the molecule is CCC[C@@]1(c2ccccc2)NC(=O)N(CC(=O)NCC(C)C)C1=O. The molecule has 0 aliphatic carbocycles. The minimum atomic E-state index is -1.08. The van der Waals surface area contributed by atoms with Crippen LogP contribution in [-0.2, 0) is 15.1 Å². The van der Waals surface area contributed by atoms with Crippen LogP contribution in [0.3, 0.4) is 0 Å². The zero-order chi connectivity index (χ0) is 17.7. The van der Waals surface area contributed by atoms with E-state index in [-0.39, 0.29) is 18.4 Å². The molecule has 2 N–H and O–H groups in total. The highest BCUT2D eigenvalue weighted by atomic mass is 16.2. The average Bonchev–Trinajstić information content (AvgIpc) is 2.79. The van der Waals surface area contributed by atoms with E-state index in [9.17, 15) is 14.4 Å². The lowest BCUT2D eigenvalue weighted by Crippen LogP contribution is -2.45. The molecule has 0 aromatic heterocycles. The van der Waals surface area contributed by atoms with Gasteiger partial charge < -0.3 is 10.6 Å². The number of imide groups is 1. The molecule has 6 nitrogen and oxygen atoms in total. The molecule has 6 heteroatoms. The molecule has 0 saturated carbocycles. The Morgan fingerprint density at radius 1 is 1.25 bits per heavy atom. The van der Waals surface area contributed by atoms with Gasteiger partial charge in [0.05, 0.1) is 0 Å². The van der Waals surface area contributed by atoms with Gasteiger partial charge in [0, 0.05) is 6.54 Å². The molecule has 1 atom stereocenters. The number of rotatable bonds is 7. The fourth-order valence-corrected chi connectivity index (χ4v) is 2.89. The minimum absolute atomic E-state index is 0.254. The van der Waals surface area contributed by atoms with Crippen LogP contribution in [0.5, 0.6) is 0 Å². The van der Waals surface area contributed by atoms with Gasteiger partial charge in [0.15, 0.2) is 0 Å². The first-order valence-corrected chi connectivity index (χ1v) is 8.37. The van der Waals surface area contributed by atoms with E-state index in [1.807, 2.05) is 51.1 Å². The summed E-state index contributed by atoms with van der Waals surface area (Å²) in [4.78, 5) is 38.3. The number of amides is 4. The summed E-state index contributed by atoms with van der Waals surface area (Å²) in [6.07, 6.45) is 1.22. The first-order valence-electron chi connectivity index (χ1n) is 8.37. The van der Waals surface area contributed by atoms with Crippen LogP contribution in [0.2, 0.25) is 0 Å². The smallest absolute Gasteiger partial charge is 0.325 e. The normalized spacial score (nSPS) is 20.4. The number of nitrogens with one attached hydrogen (secondary N) is 2. The highest BCUT2D eigenvalue weighted by molar-refractivity contribution is 6.09. The lowest BCUT2D eigenvalue weighted by atomic mass is 9.85. The molecule has 24 heavy (non-hydrogen) atoms. The highest BCUT2D eigenvalue weighted by Crippen LogP contribution is 2.33. The van der Waals surface area contributed by atoms with Gasteiger partial charge >= 0.3 is 6.03 Å². The monoisotopic (exact) mass is 331 g/mol. The van der Waals surface area contributed by atoms with Crippen LogP contribution in [0.15, 0.2) is 30.3 Å². The Balaban J connectivity index is 2.20. The van der Waals surface area contributed by atoms with Gasteiger partial charge in [0.25, 0.3) is 5.91 Å². The van der Waals surface area contributed by atoms with Crippen molar-refractivity contribution >= 4 is 17.8 Å². The molecule has 1 fully saturated rings. The average molecular weight is 331 g/mol. The Bertz CT molecular complexity index is 615. The second kappa shape index (κ2) is 7.47. The van der Waals surface area contributed by atoms with Crippen LogP contribution < -0.4 is 10.6 Å². The molecular weight excluding hydrogens is 306 g/mol. The van der Waals surface area contributed by atoms with E-state index in [4.69, 9.17) is 0 Å². The van der Waals surface area contributed by atoms with Gasteiger partial charge in [-0.25, -0.2) is 4.79 Å². The van der Waals surface area contributed by atoms with Crippen molar-refractivity contribution in [2.24, 2.45) is 5.92 Å². The first kappa shape index (κ1) is 18.0. The van der Waals surface area contributed by atoms with Crippen LogP contribution >= 0.6 is 0 Å². The summed E-state index contributed by atoms with van der Waals surface area (Å²) in [5, 5.41) is 5.55. The van der Waals surface area contributed by atoms with Crippen LogP contribution in [0, 0.1) is 5.92 Å². The second-order valence-corrected chi connectivity index (χ2v) is 6.54. The Kier molecular flexibility index (Phi) is 5.59. The molecule has 1 aliphatic rings. The molecule has 1 aliphatic heterocycles. The van der Waals surface area contributed by atoms with Crippen LogP contribution in [0.25, 0.3) is 0 Å². The molecule has 4 amide bonds. The molecular formula is C18H25N3O3. The van der Waals surface area contributed by atoms with Gasteiger partial charge in [-0.1, -0.05) is 57.5 Å². The molecule has 0 unspecified atom stereocenters. The third-order valence-electron chi connectivity index (χ3n) is 4.08. The van der Waals surface area contributed by atoms with Gasteiger partial charge in [0.2, 0.25) is 5.91 Å². The van der Waals surface area contributed by atoms with Crippen molar-refractivity contribution in [1.82, 2.24) is 15.5 Å². The summed E-state index contributed by atoms with van der Waals surface area (Å²) in [5.41, 5.74) is -0.332. The molecule has 130 valence electrons. The molecule has 0 spiro atoms. The molecule has 0 radical (unpaired) electrons. The predicted molar refractivity (Wildman–Crippen MR) is 91.1 cm³/mol. The van der Waals surface area contributed by atoms with Crippen molar-refractivity contribution in [3.63, 3.8) is 0 Å². The molecule has 0 bridgehead atoms. The number of carbonyl (C=O) groups excluding carboxylic acids is 3. The molecule has 1 aromatic carbocycles. The van der Waals surface area contributed by atoms with E-state index in [2.05, 4.69) is 10.6 Å². The van der Waals surface area contributed by atoms with Crippen LogP contribution in [0.4, 0.5) is 4.79 Å². The number of urea groups is 1. The van der Waals surface area contributed by atoms with Gasteiger partial charge in [-0.2, -0.15) is 0 Å². The fraction of sp³-hybridized carbons (Fsp3) is 0.500. The van der Waals surface area contributed by atoms with Crippen molar-refractivity contribution in [2.45, 2.75) is 39.2 Å². The number of hydrogen-bond donors (Lipinski definition) is 2. The van der Waals surface area contributed by atoms with E-state index in [1.165, 1.54) is 0 Å². The number of benzene rings is 1. The zero-order valence-electron chi connectivity index (χ0n) is 14.5. The van der Waals surface area contributed by atoms with Crippen LogP contribution in [0.1, 0.15) is 39.2 Å². The van der Waals surface area contributed by atoms with Crippen LogP contribution in [-0.4, -0.2) is 35.8 Å². The minimum Gasteiger partial charge on any atom is -0.354 e. The van der Waals surface area contributed by atoms with Gasteiger partial charge in [-0.3, -0.25) is 14.5 Å². The van der Waals surface area contributed by atoms with Gasteiger partial charge in [0.1, 0.15) is 12.1 Å². The summed E-state index contributed by atoms with van der Waals surface area (Å²) in [5.74, 6) is -0.381. The van der Waals surface area contributed by atoms with Crippen molar-refractivity contribution in [3.8, 4) is 0 Å². The number of nitrogens with zero attached hydrogens (tertiary/aromatic N) is 1. The third-order valence-corrected chi connectivity index (χ3v) is 4.08. The summed E-state index contributed by atoms with van der Waals surface area (Å²) in [6, 6.07) is 8.68. The largest absolute Gasteiger partial charge is 0.354 e. The second-order valence-electron chi connectivity index (χ2n) is 6.54. The summed E-state index contributed by atoms with van der Waals surface area (Å²) < 4.78 is 0. The number of hydrogen-bond acceptors (Lipinski definition) is 3. The van der Waals surface area contributed by atoms with Crippen molar-refractivity contribution in [3.05, 3.63) is 35.9 Å². The molecule has 1 saturated heterocycles. The first-order chi connectivity index (χ1) is 11.4. The van der Waals surface area contributed by atoms with E-state index in [0.717, 1.165) is 16.9 Å². The Hall–Kier alpha value is -2.37. The highest BCUT2D eigenvalue weighted by Gasteiger charge is 2.52. The van der Waals surface area contributed by atoms with Crippen molar-refractivity contribution in [1.29, 1.82) is 0 Å². The molecule has 1 aromatic rings. The lowest BCUT2D eigenvalue weighted by Gasteiger charge is -2.26. The summed E-state index contributed by atoms with van der Waals surface area (Å²) in [7, 11) is 0. The molecule has 2 rings (SSSR count). The summed E-state index contributed by atoms with van der Waals surface area (Å²) >= 11 is 0. The van der Waals surface area contributed by atoms with E-state index < -0.39 is 11.6 Å². The zero-order valence-corrected chi connectivity index (χ0v) is 14.5.